The molecule has 0 aromatic rings. The van der Waals surface area contributed by atoms with E-state index >= 15 is 0 Å². The van der Waals surface area contributed by atoms with Gasteiger partial charge in [-0.3, -0.25) is 9.59 Å². The lowest BCUT2D eigenvalue weighted by atomic mass is 9.46. The molecule has 8 aliphatic carbocycles. The van der Waals surface area contributed by atoms with Crippen LogP contribution in [0.3, 0.4) is 0 Å². The van der Waals surface area contributed by atoms with Gasteiger partial charge in [0.2, 0.25) is 0 Å². The Morgan fingerprint density at radius 2 is 0.857 bits per heavy atom. The van der Waals surface area contributed by atoms with Crippen LogP contribution in [0, 0.1) is 92.7 Å². The number of ether oxygens (including phenoxy) is 8. The van der Waals surface area contributed by atoms with Gasteiger partial charge in [-0.05, 0) is 161 Å². The molecular formula is C76H124O22. The SMILES string of the molecule is CC(C)CCC(=O)[C@@H](C)[C@@]1(O)[C@@H](OC2OCC(O)C(OC3OCC(O)C(O)C3C)C2C)C[C@H]2[C@@H]3CC=C4C[C@@H](O)CC[C@]4(C)[C@H]3CC[C@@]21C.CC(C)CCC(=O)[C@@H](C)[C@@]1(O)[C@@H](OC2OCC(O)C(OC3OCC(O)C(O)C3O)C2O)C[C@H]2[C@@H]3CC=C4C[C@@H](O)CC[C@]4(C)[C@H]3CC[C@@]21C. The van der Waals surface area contributed by atoms with Gasteiger partial charge < -0.3 is 99.2 Å². The van der Waals surface area contributed by atoms with E-state index in [4.69, 9.17) is 37.9 Å². The van der Waals surface area contributed by atoms with Crippen LogP contribution < -0.4 is 0 Å². The molecule has 12 rings (SSSR count). The fourth-order valence-electron chi connectivity index (χ4n) is 22.0. The zero-order chi connectivity index (χ0) is 71.3. The van der Waals surface area contributed by atoms with Crippen molar-refractivity contribution in [1.29, 1.82) is 0 Å². The first-order chi connectivity index (χ1) is 46.0. The van der Waals surface area contributed by atoms with Gasteiger partial charge in [-0.15, -0.1) is 0 Å². The van der Waals surface area contributed by atoms with Gasteiger partial charge in [0, 0.05) is 47.3 Å². The van der Waals surface area contributed by atoms with Crippen molar-refractivity contribution < 1.29 is 109 Å². The lowest BCUT2D eigenvalue weighted by Crippen LogP contribution is -2.63. The molecule has 12 N–H and O–H groups in total. The van der Waals surface area contributed by atoms with E-state index in [1.54, 1.807) is 13.8 Å². The Bertz CT molecular complexity index is 2640. The minimum absolute atomic E-state index is 0.0140. The Balaban J connectivity index is 0.000000198. The number of aliphatic hydroxyl groups is 12. The molecule has 0 amide bonds. The third-order valence-electron chi connectivity index (χ3n) is 28.5. The molecule has 4 aliphatic heterocycles. The molecule has 0 radical (unpaired) electrons. The molecule has 4 heterocycles. The summed E-state index contributed by atoms with van der Waals surface area (Å²) >= 11 is 0. The zero-order valence-corrected chi connectivity index (χ0v) is 60.5. The van der Waals surface area contributed by atoms with Crippen LogP contribution >= 0.6 is 0 Å². The minimum Gasteiger partial charge on any atom is -0.393 e. The first kappa shape index (κ1) is 77.1. The van der Waals surface area contributed by atoms with Crippen LogP contribution in [0.1, 0.15) is 199 Å². The van der Waals surface area contributed by atoms with Crippen molar-refractivity contribution in [1.82, 2.24) is 0 Å². The molecule has 4 saturated heterocycles. The number of carbonyl (C=O) groups excluding carboxylic acids is 2. The van der Waals surface area contributed by atoms with E-state index in [1.165, 1.54) is 11.1 Å². The van der Waals surface area contributed by atoms with Crippen molar-refractivity contribution in [2.45, 2.75) is 320 Å². The van der Waals surface area contributed by atoms with E-state index in [0.29, 0.717) is 74.5 Å². The average Bonchev–Trinajstić information content (AvgIpc) is 1.51. The Hall–Kier alpha value is -1.98. The highest BCUT2D eigenvalue weighted by Crippen LogP contribution is 2.71. The highest BCUT2D eigenvalue weighted by Gasteiger charge is 2.73. The van der Waals surface area contributed by atoms with Gasteiger partial charge in [-0.25, -0.2) is 0 Å². The van der Waals surface area contributed by atoms with Crippen LogP contribution in [0.5, 0.6) is 0 Å². The normalized spacial score (nSPS) is 50.6. The van der Waals surface area contributed by atoms with Gasteiger partial charge in [0.15, 0.2) is 25.2 Å². The van der Waals surface area contributed by atoms with Crippen molar-refractivity contribution >= 4 is 11.6 Å². The van der Waals surface area contributed by atoms with Gasteiger partial charge in [-0.2, -0.15) is 0 Å². The molecule has 560 valence electrons. The van der Waals surface area contributed by atoms with Gasteiger partial charge in [0.05, 0.1) is 63.1 Å². The summed E-state index contributed by atoms with van der Waals surface area (Å²) in [6, 6.07) is 0. The number of fused-ring (bicyclic) bond motifs is 10. The third kappa shape index (κ3) is 13.7. The summed E-state index contributed by atoms with van der Waals surface area (Å²) in [6.07, 6.45) is -1.05. The summed E-state index contributed by atoms with van der Waals surface area (Å²) in [7, 11) is 0. The van der Waals surface area contributed by atoms with Crippen LogP contribution in [0.15, 0.2) is 23.3 Å². The molecule has 16 unspecified atom stereocenters. The van der Waals surface area contributed by atoms with Crippen molar-refractivity contribution in [3.8, 4) is 0 Å². The van der Waals surface area contributed by atoms with E-state index in [0.717, 1.165) is 70.6 Å². The Kier molecular flexibility index (Phi) is 23.4. The van der Waals surface area contributed by atoms with E-state index < -0.39 is 144 Å². The Morgan fingerprint density at radius 1 is 0.469 bits per heavy atom. The number of Topliss-reactive ketones (excluding diaryl/α,β-unsaturated/α-hetero) is 2. The largest absolute Gasteiger partial charge is 0.393 e. The summed E-state index contributed by atoms with van der Waals surface area (Å²) in [5, 5.41) is 131. The number of hydrogen-bond donors (Lipinski definition) is 12. The van der Waals surface area contributed by atoms with E-state index in [1.807, 2.05) is 13.8 Å². The maximum Gasteiger partial charge on any atom is 0.186 e. The fraction of sp³-hybridized carbons (Fsp3) is 0.921. The van der Waals surface area contributed by atoms with Crippen LogP contribution in [0.2, 0.25) is 0 Å². The van der Waals surface area contributed by atoms with Crippen molar-refractivity contribution in [3.05, 3.63) is 23.3 Å². The molecule has 0 aromatic heterocycles. The third-order valence-corrected chi connectivity index (χ3v) is 28.5. The number of aliphatic hydroxyl groups excluding tert-OH is 10. The summed E-state index contributed by atoms with van der Waals surface area (Å²) in [5.41, 5.74) is -1.51. The van der Waals surface area contributed by atoms with Gasteiger partial charge in [0.1, 0.15) is 71.6 Å². The van der Waals surface area contributed by atoms with Crippen molar-refractivity contribution in [2.75, 3.05) is 26.4 Å². The predicted molar refractivity (Wildman–Crippen MR) is 357 cm³/mol. The average molecular weight is 1390 g/mol. The predicted octanol–water partition coefficient (Wildman–Crippen LogP) is 5.71. The van der Waals surface area contributed by atoms with Gasteiger partial charge >= 0.3 is 0 Å². The minimum atomic E-state index is -1.63. The maximum atomic E-state index is 13.9. The molecule has 0 spiro atoms. The fourth-order valence-corrected chi connectivity index (χ4v) is 22.0. The number of ketones is 2. The Morgan fingerprint density at radius 3 is 1.32 bits per heavy atom. The Labute approximate surface area is 580 Å². The molecule has 22 nitrogen and oxygen atoms in total. The topological polar surface area (TPSA) is 351 Å². The lowest BCUT2D eigenvalue weighted by molar-refractivity contribution is -0.344. The molecule has 0 bridgehead atoms. The van der Waals surface area contributed by atoms with E-state index in [9.17, 15) is 70.9 Å². The molecule has 12 aliphatic rings. The molecule has 98 heavy (non-hydrogen) atoms. The number of rotatable bonds is 18. The molecule has 0 aromatic carbocycles. The summed E-state index contributed by atoms with van der Waals surface area (Å²) in [5.74, 6) is -0.123. The standard InChI is InChI=1S/C39H64O10.C37H60O12/c1-20(2)8-11-29(41)23(5)39(45)32(48-36-22(4)34(31(43)19-47-36)49-35-21(3)33(44)30(42)18-46-35)17-28-26-10-9-24-16-25(40)12-14-37(24,6)27(26)13-15-38(28,39)7;1-18(2)6-9-25(39)19(3)37(45)28(48-34-31(44)32(27(41)17-47-34)49-33-30(43)29(42)26(40)16-46-33)15-24-22-8-7-20-14-21(38)10-12-35(20,4)23(22)11-13-36(24,37)5/h9,20-23,25-28,30-36,40,42-45H,8,10-19H2,1-7H3;7,18-19,21-24,26-34,38,40-45H,6,8-17H2,1-5H3/t21?,22?,23-,25+,26-,27+,28+,30?,31?,32+,33?,34?,35?,36?,37+,38+,39-;19-,21+,22-,23+,24+,26?,27?,28+,29?,30?,31?,32?,33?,34?,35+,36+,37-/m11/s1. The number of carbonyl (C=O) groups is 2. The smallest absolute Gasteiger partial charge is 0.186 e. The zero-order valence-electron chi connectivity index (χ0n) is 60.5. The second kappa shape index (κ2) is 29.8. The maximum absolute atomic E-state index is 13.9. The molecule has 10 fully saturated rings. The van der Waals surface area contributed by atoms with Crippen molar-refractivity contribution in [2.24, 2.45) is 92.7 Å². The van der Waals surface area contributed by atoms with E-state index in [-0.39, 0.29) is 78.8 Å². The van der Waals surface area contributed by atoms with Crippen molar-refractivity contribution in [3.63, 3.8) is 0 Å². The molecular weight excluding hydrogens is 1260 g/mol. The highest BCUT2D eigenvalue weighted by molar-refractivity contribution is 5.83. The first-order valence-electron chi connectivity index (χ1n) is 37.8. The molecule has 34 atom stereocenters. The summed E-state index contributed by atoms with van der Waals surface area (Å²) in [4.78, 5) is 27.8. The number of allylic oxidation sites excluding steroid dienone is 2. The summed E-state index contributed by atoms with van der Waals surface area (Å²) < 4.78 is 48.6. The van der Waals surface area contributed by atoms with Crippen LogP contribution in [-0.2, 0) is 47.5 Å². The van der Waals surface area contributed by atoms with Crippen LogP contribution in [0.4, 0.5) is 0 Å². The second-order valence-electron chi connectivity index (χ2n) is 34.8. The monoisotopic (exact) mass is 1390 g/mol. The first-order valence-corrected chi connectivity index (χ1v) is 37.8. The van der Waals surface area contributed by atoms with Gasteiger partial charge in [-0.1, -0.05) is 106 Å². The number of hydrogen-bond acceptors (Lipinski definition) is 22. The highest BCUT2D eigenvalue weighted by atomic mass is 16.7. The van der Waals surface area contributed by atoms with E-state index in [2.05, 4.69) is 67.5 Å². The quantitative estimate of drug-likeness (QED) is 0.0731. The summed E-state index contributed by atoms with van der Waals surface area (Å²) in [6.45, 7) is 24.0. The molecule has 22 heteroatoms. The van der Waals surface area contributed by atoms with Crippen LogP contribution in [0.25, 0.3) is 0 Å². The molecule has 6 saturated carbocycles. The lowest BCUT2D eigenvalue weighted by Gasteiger charge is -2.59. The van der Waals surface area contributed by atoms with Gasteiger partial charge in [0.25, 0.3) is 0 Å². The van der Waals surface area contributed by atoms with Crippen LogP contribution in [-0.4, -0.2) is 221 Å². The second-order valence-corrected chi connectivity index (χ2v) is 34.8.